The van der Waals surface area contributed by atoms with Crippen LogP contribution in [-0.4, -0.2) is 22.7 Å². The van der Waals surface area contributed by atoms with Gasteiger partial charge in [0.05, 0.1) is 10.6 Å². The van der Waals surface area contributed by atoms with E-state index in [1.165, 1.54) is 12.1 Å². The number of rotatable bonds is 1. The fraction of sp³-hybridized carbons (Fsp3) is 0.364. The Balaban J connectivity index is 2.58. The van der Waals surface area contributed by atoms with Gasteiger partial charge in [0.15, 0.2) is 0 Å². The van der Waals surface area contributed by atoms with Gasteiger partial charge in [-0.25, -0.2) is 4.79 Å². The van der Waals surface area contributed by atoms with Gasteiger partial charge in [-0.1, -0.05) is 13.8 Å². The maximum absolute atomic E-state index is 11.1. The number of nitro benzene ring substituents is 1. The van der Waals surface area contributed by atoms with Crippen LogP contribution in [0.15, 0.2) is 18.2 Å². The van der Waals surface area contributed by atoms with Gasteiger partial charge in [-0.2, -0.15) is 0 Å². The van der Waals surface area contributed by atoms with E-state index in [0.717, 1.165) is 10.5 Å². The summed E-state index contributed by atoms with van der Waals surface area (Å²) in [5, 5.41) is 19.8. The number of hydrogen-bond donors (Lipinski definition) is 1. The molecular formula is C11H12N2O4. The lowest BCUT2D eigenvalue weighted by atomic mass is 9.87. The maximum Gasteiger partial charge on any atom is 0.411 e. The zero-order chi connectivity index (χ0) is 12.8. The van der Waals surface area contributed by atoms with Gasteiger partial charge in [-0.3, -0.25) is 15.0 Å². The van der Waals surface area contributed by atoms with Crippen LogP contribution in [0.25, 0.3) is 0 Å². The van der Waals surface area contributed by atoms with Crippen molar-refractivity contribution in [1.82, 2.24) is 0 Å². The van der Waals surface area contributed by atoms with Crippen molar-refractivity contribution in [2.75, 3.05) is 11.4 Å². The predicted octanol–water partition coefficient (Wildman–Crippen LogP) is 2.37. The van der Waals surface area contributed by atoms with Crippen molar-refractivity contribution in [3.63, 3.8) is 0 Å². The first kappa shape index (κ1) is 11.4. The second-order valence-electron chi connectivity index (χ2n) is 4.71. The average molecular weight is 236 g/mol. The quantitative estimate of drug-likeness (QED) is 0.599. The summed E-state index contributed by atoms with van der Waals surface area (Å²) in [6.07, 6.45) is -1.09. The molecule has 2 rings (SSSR count). The molecule has 0 unspecified atom stereocenters. The van der Waals surface area contributed by atoms with Crippen LogP contribution < -0.4 is 4.90 Å². The van der Waals surface area contributed by atoms with Crippen molar-refractivity contribution < 1.29 is 14.8 Å². The van der Waals surface area contributed by atoms with E-state index in [-0.39, 0.29) is 11.1 Å². The first-order valence-electron chi connectivity index (χ1n) is 5.12. The van der Waals surface area contributed by atoms with E-state index in [0.29, 0.717) is 12.2 Å². The molecule has 1 aromatic rings. The highest BCUT2D eigenvalue weighted by molar-refractivity contribution is 5.90. The lowest BCUT2D eigenvalue weighted by Gasteiger charge is -2.18. The van der Waals surface area contributed by atoms with Crippen molar-refractivity contribution in [3.05, 3.63) is 33.9 Å². The molecule has 0 aromatic heterocycles. The van der Waals surface area contributed by atoms with E-state index >= 15 is 0 Å². The molecule has 0 spiro atoms. The number of nitrogens with zero attached hydrogens (tertiary/aromatic N) is 2. The van der Waals surface area contributed by atoms with Crippen molar-refractivity contribution in [1.29, 1.82) is 0 Å². The number of carbonyl (C=O) groups is 1. The molecule has 0 atom stereocenters. The Bertz CT molecular complexity index is 510. The monoisotopic (exact) mass is 236 g/mol. The first-order chi connectivity index (χ1) is 7.83. The summed E-state index contributed by atoms with van der Waals surface area (Å²) in [4.78, 5) is 22.4. The molecule has 6 heteroatoms. The Labute approximate surface area is 97.6 Å². The Morgan fingerprint density at radius 1 is 1.53 bits per heavy atom. The summed E-state index contributed by atoms with van der Waals surface area (Å²) in [6, 6.07) is 4.36. The molecule has 1 N–H and O–H groups in total. The van der Waals surface area contributed by atoms with Crippen molar-refractivity contribution in [3.8, 4) is 0 Å². The molecule has 1 aromatic carbocycles. The Morgan fingerprint density at radius 3 is 2.71 bits per heavy atom. The second kappa shape index (κ2) is 3.44. The number of amides is 1. The minimum absolute atomic E-state index is 0.0901. The normalized spacial score (nSPS) is 16.7. The van der Waals surface area contributed by atoms with Gasteiger partial charge in [0, 0.05) is 24.1 Å². The third-order valence-corrected chi connectivity index (χ3v) is 3.00. The lowest BCUT2D eigenvalue weighted by Crippen LogP contribution is -2.32. The van der Waals surface area contributed by atoms with Gasteiger partial charge >= 0.3 is 6.09 Å². The van der Waals surface area contributed by atoms with E-state index in [1.807, 2.05) is 13.8 Å². The number of anilines is 1. The van der Waals surface area contributed by atoms with Crippen LogP contribution in [-0.2, 0) is 5.41 Å². The molecule has 1 aliphatic rings. The molecule has 1 heterocycles. The molecule has 0 saturated heterocycles. The minimum Gasteiger partial charge on any atom is -0.465 e. The standard InChI is InChI=1S/C11H12N2O4/c1-11(2)6-12(10(14)15)9-5-7(13(16)17)3-4-8(9)11/h3-5H,6H2,1-2H3,(H,14,15). The summed E-state index contributed by atoms with van der Waals surface area (Å²) in [5.74, 6) is 0. The van der Waals surface area contributed by atoms with E-state index in [4.69, 9.17) is 5.11 Å². The number of hydrogen-bond acceptors (Lipinski definition) is 3. The fourth-order valence-corrected chi connectivity index (χ4v) is 2.17. The summed E-state index contributed by atoms with van der Waals surface area (Å²) in [5.41, 5.74) is 0.831. The molecule has 0 fully saturated rings. The van der Waals surface area contributed by atoms with Gasteiger partial charge < -0.3 is 5.11 Å². The average Bonchev–Trinajstić information content (AvgIpc) is 2.50. The molecule has 0 aliphatic carbocycles. The smallest absolute Gasteiger partial charge is 0.411 e. The lowest BCUT2D eigenvalue weighted by molar-refractivity contribution is -0.384. The summed E-state index contributed by atoms with van der Waals surface area (Å²) in [7, 11) is 0. The minimum atomic E-state index is -1.09. The van der Waals surface area contributed by atoms with Crippen LogP contribution in [0.3, 0.4) is 0 Å². The van der Waals surface area contributed by atoms with Crippen LogP contribution in [0.5, 0.6) is 0 Å². The van der Waals surface area contributed by atoms with Crippen molar-refractivity contribution in [2.24, 2.45) is 0 Å². The SMILES string of the molecule is CC1(C)CN(C(=O)O)c2cc([N+](=O)[O-])ccc21. The molecule has 17 heavy (non-hydrogen) atoms. The second-order valence-corrected chi connectivity index (χ2v) is 4.71. The summed E-state index contributed by atoms with van der Waals surface area (Å²) >= 11 is 0. The van der Waals surface area contributed by atoms with Gasteiger partial charge in [0.2, 0.25) is 0 Å². The highest BCUT2D eigenvalue weighted by atomic mass is 16.6. The first-order valence-corrected chi connectivity index (χ1v) is 5.12. The Kier molecular flexibility index (Phi) is 2.30. The third-order valence-electron chi connectivity index (χ3n) is 3.00. The van der Waals surface area contributed by atoms with Crippen LogP contribution in [0.4, 0.5) is 16.2 Å². The van der Waals surface area contributed by atoms with Gasteiger partial charge in [0.25, 0.3) is 5.69 Å². The molecule has 1 aliphatic heterocycles. The van der Waals surface area contributed by atoms with Crippen molar-refractivity contribution >= 4 is 17.5 Å². The summed E-state index contributed by atoms with van der Waals surface area (Å²) < 4.78 is 0. The van der Waals surface area contributed by atoms with Gasteiger partial charge in [0.1, 0.15) is 0 Å². The largest absolute Gasteiger partial charge is 0.465 e. The third kappa shape index (κ3) is 1.71. The molecule has 6 nitrogen and oxygen atoms in total. The highest BCUT2D eigenvalue weighted by Gasteiger charge is 2.38. The maximum atomic E-state index is 11.1. The van der Waals surface area contributed by atoms with Crippen LogP contribution in [0.1, 0.15) is 19.4 Å². The fourth-order valence-electron chi connectivity index (χ4n) is 2.17. The molecule has 0 bridgehead atoms. The van der Waals surface area contributed by atoms with Crippen LogP contribution in [0, 0.1) is 10.1 Å². The molecular weight excluding hydrogens is 224 g/mol. The van der Waals surface area contributed by atoms with Crippen LogP contribution in [0.2, 0.25) is 0 Å². The van der Waals surface area contributed by atoms with Crippen LogP contribution >= 0.6 is 0 Å². The number of fused-ring (bicyclic) bond motifs is 1. The van der Waals surface area contributed by atoms with Crippen molar-refractivity contribution in [2.45, 2.75) is 19.3 Å². The van der Waals surface area contributed by atoms with E-state index in [1.54, 1.807) is 6.07 Å². The number of nitro groups is 1. The Morgan fingerprint density at radius 2 is 2.18 bits per heavy atom. The molecule has 0 saturated carbocycles. The zero-order valence-corrected chi connectivity index (χ0v) is 9.51. The molecule has 1 amide bonds. The number of carboxylic acid groups (broad SMARTS) is 1. The Hall–Kier alpha value is -2.11. The van der Waals surface area contributed by atoms with Gasteiger partial charge in [-0.15, -0.1) is 0 Å². The van der Waals surface area contributed by atoms with E-state index < -0.39 is 11.0 Å². The zero-order valence-electron chi connectivity index (χ0n) is 9.51. The summed E-state index contributed by atoms with van der Waals surface area (Å²) in [6.45, 7) is 4.15. The van der Waals surface area contributed by atoms with E-state index in [2.05, 4.69) is 0 Å². The molecule has 0 radical (unpaired) electrons. The predicted molar refractivity (Wildman–Crippen MR) is 61.5 cm³/mol. The topological polar surface area (TPSA) is 83.7 Å². The van der Waals surface area contributed by atoms with Gasteiger partial charge in [-0.05, 0) is 11.6 Å². The van der Waals surface area contributed by atoms with E-state index in [9.17, 15) is 14.9 Å². The molecule has 90 valence electrons. The number of benzene rings is 1. The highest BCUT2D eigenvalue weighted by Crippen LogP contribution is 2.41. The number of non-ortho nitro benzene ring substituents is 1.